The molecule has 0 saturated heterocycles. The van der Waals surface area contributed by atoms with Crippen molar-refractivity contribution < 1.29 is 24.5 Å². The van der Waals surface area contributed by atoms with Crippen LogP contribution >= 0.6 is 0 Å². The average Bonchev–Trinajstić information content (AvgIpc) is 3.28. The lowest BCUT2D eigenvalue weighted by Gasteiger charge is -2.24. The Morgan fingerprint density at radius 1 is 0.460 bits per heavy atom. The molecule has 0 radical (unpaired) electrons. The molecule has 6 nitrogen and oxygen atoms in total. The Hall–Kier alpha value is -2.44. The molecule has 0 saturated carbocycles. The lowest BCUT2D eigenvalue weighted by Crippen LogP contribution is -2.46. The predicted molar refractivity (Wildman–Crippen MR) is 273 cm³/mol. The molecule has 0 aromatic carbocycles. The quantitative estimate of drug-likeness (QED) is 0.0321. The fraction of sp³-hybridized carbons (Fsp3) is 0.789. The molecule has 0 aliphatic heterocycles. The summed E-state index contributed by atoms with van der Waals surface area (Å²) in [6, 6.07) is -0.721. The number of carbonyl (C=O) groups excluding carboxylic acids is 2. The molecule has 6 heteroatoms. The molecule has 3 N–H and O–H groups in total. The van der Waals surface area contributed by atoms with Crippen LogP contribution in [0.4, 0.5) is 0 Å². The van der Waals surface area contributed by atoms with Crippen LogP contribution in [-0.2, 0) is 14.3 Å². The zero-order chi connectivity index (χ0) is 45.9. The Balaban J connectivity index is 4.69. The third-order valence-corrected chi connectivity index (χ3v) is 12.1. The van der Waals surface area contributed by atoms with E-state index in [4.69, 9.17) is 4.74 Å². The summed E-state index contributed by atoms with van der Waals surface area (Å²) < 4.78 is 5.91. The topological polar surface area (TPSA) is 95.9 Å². The highest BCUT2D eigenvalue weighted by Crippen LogP contribution is 2.17. The Bertz CT molecular complexity index is 1130. The van der Waals surface area contributed by atoms with E-state index in [0.29, 0.717) is 19.3 Å². The number of unbranched alkanes of at least 4 members (excludes halogenated alkanes) is 26. The van der Waals surface area contributed by atoms with Crippen LogP contribution in [0.15, 0.2) is 60.8 Å². The summed E-state index contributed by atoms with van der Waals surface area (Å²) in [4.78, 5) is 26.2. The maximum Gasteiger partial charge on any atom is 0.306 e. The largest absolute Gasteiger partial charge is 0.462 e. The average molecular weight is 882 g/mol. The van der Waals surface area contributed by atoms with Gasteiger partial charge < -0.3 is 20.3 Å². The van der Waals surface area contributed by atoms with Crippen LogP contribution in [0, 0.1) is 0 Å². The molecule has 0 aliphatic rings. The molecule has 0 fully saturated rings. The summed E-state index contributed by atoms with van der Waals surface area (Å²) in [5.74, 6) is -0.534. The molecule has 0 aromatic heterocycles. The van der Waals surface area contributed by atoms with Crippen molar-refractivity contribution >= 4 is 11.9 Å². The molecule has 0 aliphatic carbocycles. The van der Waals surface area contributed by atoms with Crippen molar-refractivity contribution in [3.63, 3.8) is 0 Å². The van der Waals surface area contributed by atoms with E-state index in [1.807, 2.05) is 0 Å². The minimum atomic E-state index is -0.804. The second-order valence-corrected chi connectivity index (χ2v) is 18.3. The Labute approximate surface area is 390 Å². The summed E-state index contributed by atoms with van der Waals surface area (Å²) in [6.07, 6.45) is 62.8. The number of ether oxygens (including phenoxy) is 1. The van der Waals surface area contributed by atoms with Crippen molar-refractivity contribution in [3.8, 4) is 0 Å². The third-order valence-electron chi connectivity index (χ3n) is 12.1. The van der Waals surface area contributed by atoms with Gasteiger partial charge in [0.1, 0.15) is 6.10 Å². The number of hydrogen-bond donors (Lipinski definition) is 3. The molecule has 63 heavy (non-hydrogen) atoms. The van der Waals surface area contributed by atoms with Crippen LogP contribution in [0.3, 0.4) is 0 Å². The summed E-state index contributed by atoms with van der Waals surface area (Å²) in [7, 11) is 0. The number of allylic oxidation sites excluding steroid dienone is 10. The highest BCUT2D eigenvalue weighted by molar-refractivity contribution is 5.77. The number of nitrogens with one attached hydrogen (secondary N) is 1. The number of hydrogen-bond acceptors (Lipinski definition) is 5. The normalized spacial score (nSPS) is 13.7. The van der Waals surface area contributed by atoms with E-state index in [0.717, 1.165) is 77.0 Å². The summed E-state index contributed by atoms with van der Waals surface area (Å²) in [5.41, 5.74) is 0. The van der Waals surface area contributed by atoms with E-state index in [-0.39, 0.29) is 24.9 Å². The molecular formula is C57H103NO5. The first-order valence-corrected chi connectivity index (χ1v) is 27.0. The van der Waals surface area contributed by atoms with E-state index in [9.17, 15) is 19.8 Å². The van der Waals surface area contributed by atoms with Gasteiger partial charge >= 0.3 is 5.97 Å². The fourth-order valence-electron chi connectivity index (χ4n) is 7.94. The number of carbonyl (C=O) groups is 2. The van der Waals surface area contributed by atoms with Crippen LogP contribution in [0.2, 0.25) is 0 Å². The number of rotatable bonds is 48. The molecule has 0 bridgehead atoms. The van der Waals surface area contributed by atoms with Gasteiger partial charge in [0.15, 0.2) is 0 Å². The maximum absolute atomic E-state index is 13.2. The van der Waals surface area contributed by atoms with Gasteiger partial charge in [-0.15, -0.1) is 0 Å². The van der Waals surface area contributed by atoms with Gasteiger partial charge in [0, 0.05) is 6.42 Å². The zero-order valence-electron chi connectivity index (χ0n) is 41.7. The smallest absolute Gasteiger partial charge is 0.306 e. The molecule has 1 amide bonds. The second kappa shape index (κ2) is 50.6. The second-order valence-electron chi connectivity index (χ2n) is 18.3. The van der Waals surface area contributed by atoms with Gasteiger partial charge in [-0.3, -0.25) is 9.59 Å². The number of aliphatic hydroxyl groups is 2. The van der Waals surface area contributed by atoms with Gasteiger partial charge in [-0.05, 0) is 89.9 Å². The Kier molecular flexibility index (Phi) is 48.6. The van der Waals surface area contributed by atoms with Crippen molar-refractivity contribution in [2.24, 2.45) is 0 Å². The first kappa shape index (κ1) is 60.6. The molecule has 0 heterocycles. The number of esters is 1. The molecule has 3 unspecified atom stereocenters. The van der Waals surface area contributed by atoms with E-state index in [2.05, 4.69) is 86.8 Å². The number of amides is 1. The molecule has 0 spiro atoms. The van der Waals surface area contributed by atoms with E-state index in [1.165, 1.54) is 141 Å². The Morgan fingerprint density at radius 3 is 1.30 bits per heavy atom. The van der Waals surface area contributed by atoms with E-state index in [1.54, 1.807) is 0 Å². The summed E-state index contributed by atoms with van der Waals surface area (Å²) in [5, 5.41) is 23.7. The van der Waals surface area contributed by atoms with Crippen molar-refractivity contribution in [3.05, 3.63) is 60.8 Å². The minimum absolute atomic E-state index is 0.0362. The predicted octanol–water partition coefficient (Wildman–Crippen LogP) is 16.4. The minimum Gasteiger partial charge on any atom is -0.462 e. The van der Waals surface area contributed by atoms with Gasteiger partial charge in [0.2, 0.25) is 5.91 Å². The molecular weight excluding hydrogens is 779 g/mol. The van der Waals surface area contributed by atoms with E-state index >= 15 is 0 Å². The lowest BCUT2D eigenvalue weighted by molar-refractivity contribution is -0.151. The first-order chi connectivity index (χ1) is 31.0. The van der Waals surface area contributed by atoms with Crippen LogP contribution in [-0.4, -0.2) is 46.9 Å². The van der Waals surface area contributed by atoms with Crippen LogP contribution in [0.5, 0.6) is 0 Å². The molecule has 0 aromatic rings. The summed E-state index contributed by atoms with van der Waals surface area (Å²) in [6.45, 7) is 6.44. The van der Waals surface area contributed by atoms with Crippen molar-refractivity contribution in [1.82, 2.24) is 5.32 Å². The first-order valence-electron chi connectivity index (χ1n) is 27.0. The Morgan fingerprint density at radius 2 is 0.825 bits per heavy atom. The van der Waals surface area contributed by atoms with Crippen molar-refractivity contribution in [2.75, 3.05) is 6.61 Å². The fourth-order valence-corrected chi connectivity index (χ4v) is 7.94. The zero-order valence-corrected chi connectivity index (χ0v) is 41.7. The number of aliphatic hydroxyl groups excluding tert-OH is 2. The monoisotopic (exact) mass is 882 g/mol. The van der Waals surface area contributed by atoms with Crippen LogP contribution in [0.25, 0.3) is 0 Å². The highest BCUT2D eigenvalue weighted by Gasteiger charge is 2.24. The van der Waals surface area contributed by atoms with E-state index < -0.39 is 18.2 Å². The molecule has 0 rings (SSSR count). The summed E-state index contributed by atoms with van der Waals surface area (Å²) >= 11 is 0. The van der Waals surface area contributed by atoms with Crippen molar-refractivity contribution in [1.29, 1.82) is 0 Å². The standard InChI is InChI=1S/C57H103NO5/c1-4-7-10-13-16-19-22-24-26-28-29-31-34-36-39-42-45-48-53(63-57(62)50-47-44-41-38-35-32-30-27-25-23-20-17-14-11-8-5-2)51-56(61)58-54(52-59)55(60)49-46-43-40-37-33-21-18-15-12-9-6-3/h16,19,24,26-27,29-31,36,39,53-55,59-60H,4-15,17-18,20-23,25,28,32-35,37-38,40-52H2,1-3H3,(H,58,61)/b19-16-,26-24-,30-27+,31-29-,39-36-. The van der Waals surface area contributed by atoms with Gasteiger partial charge in [-0.1, -0.05) is 223 Å². The van der Waals surface area contributed by atoms with Crippen molar-refractivity contribution in [2.45, 2.75) is 283 Å². The van der Waals surface area contributed by atoms with Gasteiger partial charge in [0.05, 0.1) is 25.2 Å². The molecule has 366 valence electrons. The van der Waals surface area contributed by atoms with Gasteiger partial charge in [-0.2, -0.15) is 0 Å². The SMILES string of the molecule is CCCCC/C=C\C/C=C\C/C=C\C/C=C\CCCC(CC(=O)NC(CO)C(O)CCCCCCCCCCCCC)OC(=O)CCCCCCC/C=C/CCCCCCCCC. The molecule has 3 atom stereocenters. The van der Waals surface area contributed by atoms with Crippen LogP contribution < -0.4 is 5.32 Å². The van der Waals surface area contributed by atoms with Gasteiger partial charge in [0.25, 0.3) is 0 Å². The lowest BCUT2D eigenvalue weighted by atomic mass is 10.0. The highest BCUT2D eigenvalue weighted by atomic mass is 16.5. The third kappa shape index (κ3) is 45.9. The van der Waals surface area contributed by atoms with Gasteiger partial charge in [-0.25, -0.2) is 0 Å². The van der Waals surface area contributed by atoms with Crippen LogP contribution in [0.1, 0.15) is 265 Å². The maximum atomic E-state index is 13.2.